The van der Waals surface area contributed by atoms with Gasteiger partial charge in [-0.1, -0.05) is 24.6 Å². The number of amides is 2. The Bertz CT molecular complexity index is 1150. The van der Waals surface area contributed by atoms with Crippen molar-refractivity contribution in [2.75, 3.05) is 12.3 Å². The lowest BCUT2D eigenvalue weighted by molar-refractivity contribution is -0.155. The molecule has 2 unspecified atom stereocenters. The summed E-state index contributed by atoms with van der Waals surface area (Å²) in [6.45, 7) is 4.93. The van der Waals surface area contributed by atoms with Crippen LogP contribution < -0.4 is 5.73 Å². The van der Waals surface area contributed by atoms with Gasteiger partial charge >= 0.3 is 0 Å². The molecule has 7 nitrogen and oxygen atoms in total. The van der Waals surface area contributed by atoms with Gasteiger partial charge in [-0.15, -0.1) is 11.3 Å². The summed E-state index contributed by atoms with van der Waals surface area (Å²) in [7, 11) is 0. The van der Waals surface area contributed by atoms with Crippen molar-refractivity contribution in [1.82, 2.24) is 19.8 Å². The van der Waals surface area contributed by atoms with Crippen LogP contribution in [0.5, 0.6) is 0 Å². The summed E-state index contributed by atoms with van der Waals surface area (Å²) in [5, 5.41) is 0.796. The number of nitrogens with zero attached hydrogens (tertiary/aromatic N) is 4. The molecule has 2 aromatic heterocycles. The van der Waals surface area contributed by atoms with E-state index in [-0.39, 0.29) is 17.9 Å². The number of piperazine rings is 1. The lowest BCUT2D eigenvalue weighted by Crippen LogP contribution is -2.61. The number of aryl methyl sites for hydroxylation is 1. The van der Waals surface area contributed by atoms with Gasteiger partial charge in [0.25, 0.3) is 0 Å². The molecule has 3 heterocycles. The van der Waals surface area contributed by atoms with Gasteiger partial charge in [0.1, 0.15) is 18.2 Å². The zero-order valence-electron chi connectivity index (χ0n) is 18.1. The number of benzene rings is 1. The molecular weight excluding hydrogens is 446 g/mol. The fraction of sp³-hybridized carbons (Fsp3) is 0.391. The molecule has 0 radical (unpaired) electrons. The predicted octanol–water partition coefficient (Wildman–Crippen LogP) is 3.90. The molecular formula is C23H26ClN5O2S. The van der Waals surface area contributed by atoms with Crippen LogP contribution in [0, 0.1) is 0 Å². The largest absolute Gasteiger partial charge is 0.383 e. The first-order valence-electron chi connectivity index (χ1n) is 10.7. The van der Waals surface area contributed by atoms with Gasteiger partial charge in [0.05, 0.1) is 9.85 Å². The summed E-state index contributed by atoms with van der Waals surface area (Å²) in [5.41, 5.74) is 7.64. The number of hydrogen-bond donors (Lipinski definition) is 1. The summed E-state index contributed by atoms with van der Waals surface area (Å²) in [6.07, 6.45) is 3.04. The second-order valence-electron chi connectivity index (χ2n) is 8.10. The van der Waals surface area contributed by atoms with Crippen molar-refractivity contribution in [3.63, 3.8) is 0 Å². The molecule has 2 N–H and O–H groups in total. The topological polar surface area (TPSA) is 92.4 Å². The molecule has 0 saturated carbocycles. The van der Waals surface area contributed by atoms with Crippen LogP contribution in [0.1, 0.15) is 37.1 Å². The molecule has 2 atom stereocenters. The van der Waals surface area contributed by atoms with Gasteiger partial charge in [-0.25, -0.2) is 9.97 Å². The number of nitrogen functional groups attached to an aromatic ring is 1. The molecule has 168 valence electrons. The van der Waals surface area contributed by atoms with E-state index in [2.05, 4.69) is 9.97 Å². The summed E-state index contributed by atoms with van der Waals surface area (Å²) < 4.78 is 0.721. The third-order valence-electron chi connectivity index (χ3n) is 5.94. The molecule has 1 aliphatic heterocycles. The predicted molar refractivity (Wildman–Crippen MR) is 127 cm³/mol. The first-order valence-corrected chi connectivity index (χ1v) is 11.9. The number of hydrogen-bond acceptors (Lipinski definition) is 6. The van der Waals surface area contributed by atoms with Crippen LogP contribution in [0.25, 0.3) is 10.9 Å². The fourth-order valence-electron chi connectivity index (χ4n) is 4.24. The van der Waals surface area contributed by atoms with Gasteiger partial charge in [0, 0.05) is 35.8 Å². The maximum absolute atomic E-state index is 13.4. The highest BCUT2D eigenvalue weighted by molar-refractivity contribution is 7.16. The standard InChI is InChI=1S/C23H26ClN5O2S/c1-3-19-23(31)28(12-15-4-7-17-18(10-15)26-13-27-22(17)25)14(2)11-29(19)21(30)9-6-16-5-8-20(24)32-16/h4-5,7-8,10,13-14,19H,3,6,9,11-12H2,1-2H3,(H2,25,26,27). The Hall–Kier alpha value is -2.71. The molecule has 3 aromatic rings. The summed E-state index contributed by atoms with van der Waals surface area (Å²) in [4.78, 5) is 39.3. The highest BCUT2D eigenvalue weighted by atomic mass is 35.5. The normalized spacial score (nSPS) is 19.0. The number of fused-ring (bicyclic) bond motifs is 1. The highest BCUT2D eigenvalue weighted by Gasteiger charge is 2.39. The molecule has 9 heteroatoms. The average Bonchev–Trinajstić information content (AvgIpc) is 3.20. The maximum Gasteiger partial charge on any atom is 0.245 e. The number of carbonyl (C=O) groups excluding carboxylic acids is 2. The van der Waals surface area contributed by atoms with Gasteiger partial charge in [0.2, 0.25) is 11.8 Å². The molecule has 0 spiro atoms. The van der Waals surface area contributed by atoms with Crippen LogP contribution in [0.4, 0.5) is 5.82 Å². The fourth-order valence-corrected chi connectivity index (χ4v) is 5.32. The molecule has 4 rings (SSSR count). The molecule has 0 aliphatic carbocycles. The van der Waals surface area contributed by atoms with E-state index in [4.69, 9.17) is 17.3 Å². The second kappa shape index (κ2) is 9.42. The minimum atomic E-state index is -0.441. The van der Waals surface area contributed by atoms with E-state index >= 15 is 0 Å². The monoisotopic (exact) mass is 471 g/mol. The van der Waals surface area contributed by atoms with E-state index in [0.29, 0.717) is 38.2 Å². The van der Waals surface area contributed by atoms with Crippen molar-refractivity contribution < 1.29 is 9.59 Å². The Morgan fingerprint density at radius 2 is 2.09 bits per heavy atom. The van der Waals surface area contributed by atoms with Gasteiger partial charge in [0.15, 0.2) is 0 Å². The third kappa shape index (κ3) is 4.56. The molecule has 0 bridgehead atoms. The van der Waals surface area contributed by atoms with Crippen molar-refractivity contribution in [2.24, 2.45) is 0 Å². The minimum Gasteiger partial charge on any atom is -0.383 e. The van der Waals surface area contributed by atoms with Crippen LogP contribution in [-0.4, -0.2) is 50.2 Å². The van der Waals surface area contributed by atoms with E-state index in [1.807, 2.05) is 49.1 Å². The quantitative estimate of drug-likeness (QED) is 0.588. The lowest BCUT2D eigenvalue weighted by atomic mass is 10.0. The number of rotatable bonds is 6. The van der Waals surface area contributed by atoms with E-state index < -0.39 is 6.04 Å². The number of thiophene rings is 1. The van der Waals surface area contributed by atoms with Crippen molar-refractivity contribution in [3.8, 4) is 0 Å². The Balaban J connectivity index is 1.47. The summed E-state index contributed by atoms with van der Waals surface area (Å²) in [5.74, 6) is 0.439. The minimum absolute atomic E-state index is 0.0129. The summed E-state index contributed by atoms with van der Waals surface area (Å²) in [6, 6.07) is 9.05. The van der Waals surface area contributed by atoms with E-state index in [0.717, 1.165) is 25.7 Å². The number of nitrogens with two attached hydrogens (primary N) is 1. The van der Waals surface area contributed by atoms with Crippen LogP contribution in [0.3, 0.4) is 0 Å². The summed E-state index contributed by atoms with van der Waals surface area (Å²) >= 11 is 7.48. The Labute approximate surface area is 196 Å². The van der Waals surface area contributed by atoms with Crippen LogP contribution in [0.2, 0.25) is 4.34 Å². The Morgan fingerprint density at radius 3 is 2.81 bits per heavy atom. The van der Waals surface area contributed by atoms with Crippen LogP contribution in [0.15, 0.2) is 36.7 Å². The molecule has 1 fully saturated rings. The number of aromatic nitrogens is 2. The number of carbonyl (C=O) groups is 2. The zero-order valence-corrected chi connectivity index (χ0v) is 19.7. The molecule has 1 aliphatic rings. The van der Waals surface area contributed by atoms with E-state index in [9.17, 15) is 9.59 Å². The van der Waals surface area contributed by atoms with Gasteiger partial charge < -0.3 is 15.5 Å². The van der Waals surface area contributed by atoms with Crippen molar-refractivity contribution in [2.45, 2.75) is 51.7 Å². The lowest BCUT2D eigenvalue weighted by Gasteiger charge is -2.44. The SMILES string of the molecule is CCC1C(=O)N(Cc2ccc3c(N)ncnc3c2)C(C)CN1C(=O)CCc1ccc(Cl)s1. The van der Waals surface area contributed by atoms with Crippen molar-refractivity contribution >= 4 is 51.5 Å². The second-order valence-corrected chi connectivity index (χ2v) is 9.90. The highest BCUT2D eigenvalue weighted by Crippen LogP contribution is 2.26. The van der Waals surface area contributed by atoms with Crippen molar-refractivity contribution in [1.29, 1.82) is 0 Å². The van der Waals surface area contributed by atoms with Crippen LogP contribution >= 0.6 is 22.9 Å². The van der Waals surface area contributed by atoms with Crippen LogP contribution in [-0.2, 0) is 22.6 Å². The van der Waals surface area contributed by atoms with E-state index in [1.165, 1.54) is 17.7 Å². The molecule has 1 aromatic carbocycles. The molecule has 1 saturated heterocycles. The third-order valence-corrected chi connectivity index (χ3v) is 7.23. The average molecular weight is 472 g/mol. The Morgan fingerprint density at radius 1 is 1.28 bits per heavy atom. The smallest absolute Gasteiger partial charge is 0.245 e. The van der Waals surface area contributed by atoms with Gasteiger partial charge in [-0.3, -0.25) is 9.59 Å². The van der Waals surface area contributed by atoms with Gasteiger partial charge in [-0.2, -0.15) is 0 Å². The van der Waals surface area contributed by atoms with Gasteiger partial charge in [-0.05, 0) is 49.6 Å². The van der Waals surface area contributed by atoms with Crippen molar-refractivity contribution in [3.05, 3.63) is 51.4 Å². The molecule has 32 heavy (non-hydrogen) atoms. The molecule has 2 amide bonds. The number of anilines is 1. The Kier molecular flexibility index (Phi) is 6.62. The first kappa shape index (κ1) is 22.5. The zero-order chi connectivity index (χ0) is 22.8. The maximum atomic E-state index is 13.4. The van der Waals surface area contributed by atoms with E-state index in [1.54, 1.807) is 4.90 Å². The first-order chi connectivity index (χ1) is 15.4. The number of halogens is 1.